The Labute approximate surface area is 148 Å². The van der Waals surface area contributed by atoms with Crippen LogP contribution in [0.25, 0.3) is 10.4 Å². The van der Waals surface area contributed by atoms with E-state index in [4.69, 9.17) is 9.71 Å². The molecule has 0 unspecified atom stereocenters. The molecule has 8 heteroatoms. The molecular weight excluding hydrogens is 342 g/mol. The third-order valence-corrected chi connectivity index (χ3v) is 5.91. The van der Waals surface area contributed by atoms with Gasteiger partial charge in [-0.15, -0.1) is 0 Å². The van der Waals surface area contributed by atoms with Crippen LogP contribution >= 0.6 is 0 Å². The van der Waals surface area contributed by atoms with Gasteiger partial charge in [0.25, 0.3) is 10.1 Å². The van der Waals surface area contributed by atoms with Crippen LogP contribution in [0.3, 0.4) is 0 Å². The average Bonchev–Trinajstić information content (AvgIpc) is 2.79. The number of hydrogen-bond acceptors (Lipinski definition) is 5. The molecule has 1 saturated carbocycles. The highest BCUT2D eigenvalue weighted by molar-refractivity contribution is 7.86. The number of benzene rings is 1. The molecule has 1 aliphatic carbocycles. The quantitative estimate of drug-likeness (QED) is 0.260. The van der Waals surface area contributed by atoms with Crippen LogP contribution in [0.1, 0.15) is 44.1 Å². The summed E-state index contributed by atoms with van der Waals surface area (Å²) in [7, 11) is -3.89. The lowest BCUT2D eigenvalue weighted by Gasteiger charge is -2.23. The van der Waals surface area contributed by atoms with Crippen LogP contribution in [0, 0.1) is 12.8 Å². The second-order valence-electron chi connectivity index (χ2n) is 6.61. The van der Waals surface area contributed by atoms with E-state index < -0.39 is 16.2 Å². The molecule has 0 amide bonds. The molecule has 1 N–H and O–H groups in total. The summed E-state index contributed by atoms with van der Waals surface area (Å²) in [5.41, 5.74) is 9.66. The van der Waals surface area contributed by atoms with Crippen molar-refractivity contribution in [1.82, 2.24) is 0 Å². The Balaban J connectivity index is 1.93. The largest absolute Gasteiger partial charge is 0.391 e. The zero-order valence-corrected chi connectivity index (χ0v) is 15.2. The van der Waals surface area contributed by atoms with Gasteiger partial charge in [0.05, 0.1) is 17.6 Å². The van der Waals surface area contributed by atoms with Gasteiger partial charge >= 0.3 is 0 Å². The monoisotopic (exact) mass is 367 g/mol. The maximum atomic E-state index is 12.2. The third-order valence-electron chi connectivity index (χ3n) is 4.62. The van der Waals surface area contributed by atoms with Crippen molar-refractivity contribution in [2.75, 3.05) is 6.61 Å². The maximum absolute atomic E-state index is 12.2. The molecule has 0 bridgehead atoms. The Bertz CT molecular complexity index is 699. The lowest BCUT2D eigenvalue weighted by molar-refractivity contribution is 0.0816. The third kappa shape index (κ3) is 6.01. The van der Waals surface area contributed by atoms with E-state index in [2.05, 4.69) is 10.0 Å². The van der Waals surface area contributed by atoms with E-state index in [1.807, 2.05) is 6.92 Å². The van der Waals surface area contributed by atoms with Gasteiger partial charge in [0.2, 0.25) is 0 Å². The van der Waals surface area contributed by atoms with Crippen LogP contribution in [-0.2, 0) is 14.3 Å². The number of aryl methyl sites for hydroxylation is 1. The molecule has 0 aliphatic heterocycles. The molecule has 0 radical (unpaired) electrons. The fraction of sp³-hybridized carbons (Fsp3) is 0.647. The minimum absolute atomic E-state index is 0.0547. The summed E-state index contributed by atoms with van der Waals surface area (Å²) in [5, 5.41) is 14.1. The van der Waals surface area contributed by atoms with Crippen molar-refractivity contribution in [3.05, 3.63) is 40.3 Å². The SMILES string of the molecule is Cc1ccc(S(=O)(=O)OC[C@H](O)C[C@@H]2CCCCC[C@@H]2N=[N+]=[N-])cc1. The number of nitrogens with zero attached hydrogens (tertiary/aromatic N) is 3. The molecule has 1 fully saturated rings. The second kappa shape index (κ2) is 9.20. The number of hydrogen-bond donors (Lipinski definition) is 1. The first-order chi connectivity index (χ1) is 11.9. The van der Waals surface area contributed by atoms with Gasteiger partial charge < -0.3 is 5.11 Å². The van der Waals surface area contributed by atoms with Crippen molar-refractivity contribution in [2.24, 2.45) is 11.0 Å². The van der Waals surface area contributed by atoms with E-state index in [-0.39, 0.29) is 23.5 Å². The molecule has 0 saturated heterocycles. The highest BCUT2D eigenvalue weighted by Crippen LogP contribution is 2.29. The van der Waals surface area contributed by atoms with E-state index in [9.17, 15) is 13.5 Å². The fourth-order valence-electron chi connectivity index (χ4n) is 3.22. The van der Waals surface area contributed by atoms with E-state index in [1.54, 1.807) is 12.1 Å². The van der Waals surface area contributed by atoms with E-state index in [0.29, 0.717) is 6.42 Å². The summed E-state index contributed by atoms with van der Waals surface area (Å²) < 4.78 is 29.3. The zero-order valence-electron chi connectivity index (χ0n) is 14.4. The van der Waals surface area contributed by atoms with Gasteiger partial charge in [-0.3, -0.25) is 4.18 Å². The molecule has 0 aromatic heterocycles. The molecule has 25 heavy (non-hydrogen) atoms. The van der Waals surface area contributed by atoms with Crippen LogP contribution in [0.15, 0.2) is 34.3 Å². The Hall–Kier alpha value is -1.60. The normalized spacial score (nSPS) is 22.6. The predicted molar refractivity (Wildman–Crippen MR) is 94.4 cm³/mol. The highest BCUT2D eigenvalue weighted by Gasteiger charge is 2.26. The summed E-state index contributed by atoms with van der Waals surface area (Å²) in [6.07, 6.45) is 4.25. The topological polar surface area (TPSA) is 112 Å². The Kier molecular flexibility index (Phi) is 7.25. The summed E-state index contributed by atoms with van der Waals surface area (Å²) in [5.74, 6) is 0.0547. The predicted octanol–water partition coefficient (Wildman–Crippen LogP) is 3.71. The van der Waals surface area contributed by atoms with Crippen molar-refractivity contribution in [3.63, 3.8) is 0 Å². The fourth-order valence-corrected chi connectivity index (χ4v) is 4.16. The average molecular weight is 367 g/mol. The van der Waals surface area contributed by atoms with Gasteiger partial charge in [-0.25, -0.2) is 0 Å². The van der Waals surface area contributed by atoms with Gasteiger partial charge in [0, 0.05) is 11.0 Å². The van der Waals surface area contributed by atoms with Crippen molar-refractivity contribution in [2.45, 2.75) is 62.5 Å². The Morgan fingerprint density at radius 2 is 1.96 bits per heavy atom. The van der Waals surface area contributed by atoms with Crippen molar-refractivity contribution in [1.29, 1.82) is 0 Å². The highest BCUT2D eigenvalue weighted by atomic mass is 32.2. The van der Waals surface area contributed by atoms with Crippen LogP contribution in [0.5, 0.6) is 0 Å². The molecule has 2 rings (SSSR count). The molecule has 1 aromatic rings. The first kappa shape index (κ1) is 19.7. The standard InChI is InChI=1S/C17H25N3O4S/c1-13-7-9-16(10-8-13)25(22,23)24-12-15(21)11-14-5-3-2-4-6-17(14)19-20-18/h7-10,14-15,17,21H,2-6,11-12H2,1H3/t14-,15+,17-/m0/s1. The molecule has 3 atom stereocenters. The minimum Gasteiger partial charge on any atom is -0.391 e. The Morgan fingerprint density at radius 3 is 2.64 bits per heavy atom. The van der Waals surface area contributed by atoms with E-state index in [1.165, 1.54) is 12.1 Å². The van der Waals surface area contributed by atoms with Crippen LogP contribution in [0.4, 0.5) is 0 Å². The lowest BCUT2D eigenvalue weighted by atomic mass is 9.90. The number of aliphatic hydroxyl groups excluding tert-OH is 1. The van der Waals surface area contributed by atoms with Crippen LogP contribution in [-0.4, -0.2) is 32.3 Å². The summed E-state index contributed by atoms with van der Waals surface area (Å²) >= 11 is 0. The van der Waals surface area contributed by atoms with Crippen LogP contribution < -0.4 is 0 Å². The molecule has 0 heterocycles. The van der Waals surface area contributed by atoms with Crippen molar-refractivity contribution < 1.29 is 17.7 Å². The number of aliphatic hydroxyl groups is 1. The summed E-state index contributed by atoms with van der Waals surface area (Å²) in [6, 6.07) is 6.22. The van der Waals surface area contributed by atoms with E-state index >= 15 is 0 Å². The minimum atomic E-state index is -3.89. The van der Waals surface area contributed by atoms with Gasteiger partial charge in [0.15, 0.2) is 0 Å². The second-order valence-corrected chi connectivity index (χ2v) is 8.23. The molecule has 1 aromatic carbocycles. The maximum Gasteiger partial charge on any atom is 0.297 e. The van der Waals surface area contributed by atoms with Gasteiger partial charge in [-0.1, -0.05) is 42.1 Å². The number of azide groups is 1. The summed E-state index contributed by atoms with van der Waals surface area (Å²) in [6.45, 7) is 1.57. The first-order valence-electron chi connectivity index (χ1n) is 8.61. The van der Waals surface area contributed by atoms with E-state index in [0.717, 1.165) is 37.7 Å². The number of rotatable bonds is 7. The zero-order chi connectivity index (χ0) is 18.3. The Morgan fingerprint density at radius 1 is 1.28 bits per heavy atom. The van der Waals surface area contributed by atoms with Gasteiger partial charge in [0.1, 0.15) is 0 Å². The van der Waals surface area contributed by atoms with Crippen LogP contribution in [0.2, 0.25) is 0 Å². The molecule has 138 valence electrons. The molecular formula is C17H25N3O4S. The molecule has 0 spiro atoms. The van der Waals surface area contributed by atoms with Gasteiger partial charge in [-0.05, 0) is 49.8 Å². The lowest BCUT2D eigenvalue weighted by Crippen LogP contribution is -2.26. The summed E-state index contributed by atoms with van der Waals surface area (Å²) in [4.78, 5) is 2.98. The van der Waals surface area contributed by atoms with Gasteiger partial charge in [-0.2, -0.15) is 8.42 Å². The van der Waals surface area contributed by atoms with Crippen molar-refractivity contribution in [3.8, 4) is 0 Å². The first-order valence-corrected chi connectivity index (χ1v) is 10.0. The van der Waals surface area contributed by atoms with Crippen molar-refractivity contribution >= 4 is 10.1 Å². The smallest absolute Gasteiger partial charge is 0.297 e. The molecule has 1 aliphatic rings. The molecule has 7 nitrogen and oxygen atoms in total.